The highest BCUT2D eigenvalue weighted by Crippen LogP contribution is 2.19. The van der Waals surface area contributed by atoms with E-state index in [1.54, 1.807) is 30.5 Å². The highest BCUT2D eigenvalue weighted by Gasteiger charge is 2.14. The number of unbranched alkanes of at least 4 members (excludes halogenated alkanes) is 1. The minimum atomic E-state index is -3.67. The lowest BCUT2D eigenvalue weighted by atomic mass is 10.3. The van der Waals surface area contributed by atoms with Gasteiger partial charge >= 0.3 is 0 Å². The Hall–Kier alpha value is -2.28. The summed E-state index contributed by atoms with van der Waals surface area (Å²) in [5, 5.41) is 3.23. The molecule has 0 radical (unpaired) electrons. The van der Waals surface area contributed by atoms with Crippen LogP contribution in [0.2, 0.25) is 0 Å². The zero-order valence-electron chi connectivity index (χ0n) is 14.0. The summed E-state index contributed by atoms with van der Waals surface area (Å²) in [6.07, 6.45) is 3.80. The molecule has 0 saturated carbocycles. The van der Waals surface area contributed by atoms with Crippen LogP contribution in [-0.2, 0) is 10.0 Å². The van der Waals surface area contributed by atoms with E-state index >= 15 is 0 Å². The van der Waals surface area contributed by atoms with Gasteiger partial charge in [0, 0.05) is 6.54 Å². The summed E-state index contributed by atoms with van der Waals surface area (Å²) < 4.78 is 32.5. The van der Waals surface area contributed by atoms with Crippen molar-refractivity contribution in [2.75, 3.05) is 23.2 Å². The zero-order valence-corrected chi connectivity index (χ0v) is 14.8. The van der Waals surface area contributed by atoms with E-state index in [-0.39, 0.29) is 10.7 Å². The highest BCUT2D eigenvalue weighted by molar-refractivity contribution is 7.92. The van der Waals surface area contributed by atoms with Gasteiger partial charge in [0.05, 0.1) is 23.4 Å². The first-order valence-electron chi connectivity index (χ1n) is 8.00. The molecule has 0 bridgehead atoms. The quantitative estimate of drug-likeness (QED) is 0.677. The smallest absolute Gasteiger partial charge is 0.263 e. The van der Waals surface area contributed by atoms with E-state index in [9.17, 15) is 8.42 Å². The van der Waals surface area contributed by atoms with Gasteiger partial charge in [-0.25, -0.2) is 13.4 Å². The van der Waals surface area contributed by atoms with Gasteiger partial charge in [-0.1, -0.05) is 13.3 Å². The molecule has 6 nitrogen and oxygen atoms in total. The molecule has 2 rings (SSSR count). The number of benzene rings is 1. The summed E-state index contributed by atoms with van der Waals surface area (Å²) in [7, 11) is -3.67. The molecule has 1 heterocycles. The number of ether oxygens (including phenoxy) is 1. The first kappa shape index (κ1) is 18.1. The van der Waals surface area contributed by atoms with Crippen LogP contribution in [0.25, 0.3) is 0 Å². The van der Waals surface area contributed by atoms with Crippen molar-refractivity contribution in [1.29, 1.82) is 0 Å². The van der Waals surface area contributed by atoms with Crippen LogP contribution in [0.5, 0.6) is 5.75 Å². The number of hydrogen-bond donors (Lipinski definition) is 2. The van der Waals surface area contributed by atoms with Crippen molar-refractivity contribution in [1.82, 2.24) is 4.98 Å². The van der Waals surface area contributed by atoms with Crippen LogP contribution in [0.4, 0.5) is 11.5 Å². The maximum atomic E-state index is 12.4. The third kappa shape index (κ3) is 5.13. The van der Waals surface area contributed by atoms with Crippen LogP contribution < -0.4 is 14.8 Å². The molecule has 0 atom stereocenters. The van der Waals surface area contributed by atoms with Gasteiger partial charge < -0.3 is 10.1 Å². The van der Waals surface area contributed by atoms with Crippen molar-refractivity contribution >= 4 is 21.5 Å². The van der Waals surface area contributed by atoms with Gasteiger partial charge in [-0.2, -0.15) is 0 Å². The SMILES string of the molecule is CCCCNc1ccc(NS(=O)(=O)c2ccc(OCC)cc2)nc1. The normalized spacial score (nSPS) is 11.1. The molecule has 0 saturated heterocycles. The van der Waals surface area contributed by atoms with Gasteiger partial charge in [0.2, 0.25) is 0 Å². The second-order valence-electron chi connectivity index (χ2n) is 5.22. The van der Waals surface area contributed by atoms with Crippen molar-refractivity contribution in [2.24, 2.45) is 0 Å². The average Bonchev–Trinajstić information content (AvgIpc) is 2.57. The lowest BCUT2D eigenvalue weighted by molar-refractivity contribution is 0.340. The van der Waals surface area contributed by atoms with Crippen LogP contribution in [0.3, 0.4) is 0 Å². The first-order valence-corrected chi connectivity index (χ1v) is 9.49. The van der Waals surface area contributed by atoms with Crippen molar-refractivity contribution in [3.8, 4) is 5.75 Å². The van der Waals surface area contributed by atoms with Gasteiger partial charge in [-0.3, -0.25) is 4.72 Å². The Bertz CT molecular complexity index is 729. The third-order valence-corrected chi connectivity index (χ3v) is 4.68. The maximum Gasteiger partial charge on any atom is 0.263 e. The number of sulfonamides is 1. The number of anilines is 2. The van der Waals surface area contributed by atoms with E-state index < -0.39 is 10.0 Å². The summed E-state index contributed by atoms with van der Waals surface area (Å²) >= 11 is 0. The lowest BCUT2D eigenvalue weighted by Gasteiger charge is -2.10. The summed E-state index contributed by atoms with van der Waals surface area (Å²) in [5.74, 6) is 0.919. The van der Waals surface area contributed by atoms with Crippen LogP contribution in [0.15, 0.2) is 47.5 Å². The molecule has 0 aliphatic rings. The molecule has 0 fully saturated rings. The van der Waals surface area contributed by atoms with Crippen LogP contribution in [0, 0.1) is 0 Å². The molecule has 1 aromatic heterocycles. The second-order valence-corrected chi connectivity index (χ2v) is 6.90. The number of rotatable bonds is 9. The van der Waals surface area contributed by atoms with E-state index in [0.29, 0.717) is 12.4 Å². The minimum absolute atomic E-state index is 0.165. The number of hydrogen-bond acceptors (Lipinski definition) is 5. The van der Waals surface area contributed by atoms with Crippen molar-refractivity contribution in [3.05, 3.63) is 42.6 Å². The molecule has 0 amide bonds. The van der Waals surface area contributed by atoms with Crippen LogP contribution in [-0.4, -0.2) is 26.6 Å². The predicted octanol–water partition coefficient (Wildman–Crippen LogP) is 3.49. The molecule has 2 aromatic rings. The number of nitrogens with one attached hydrogen (secondary N) is 2. The highest BCUT2D eigenvalue weighted by atomic mass is 32.2. The standard InChI is InChI=1S/C17H23N3O3S/c1-3-5-12-18-14-6-11-17(19-13-14)20-24(21,22)16-9-7-15(8-10-16)23-4-2/h6-11,13,18H,3-5,12H2,1-2H3,(H,19,20). The average molecular weight is 349 g/mol. The fraction of sp³-hybridized carbons (Fsp3) is 0.353. The molecule has 130 valence electrons. The van der Waals surface area contributed by atoms with Crippen LogP contribution >= 0.6 is 0 Å². The largest absolute Gasteiger partial charge is 0.494 e. The monoisotopic (exact) mass is 349 g/mol. The Balaban J connectivity index is 2.03. The van der Waals surface area contributed by atoms with Crippen molar-refractivity contribution in [3.63, 3.8) is 0 Å². The molecule has 0 aliphatic heterocycles. The topological polar surface area (TPSA) is 80.3 Å². The van der Waals surface area contributed by atoms with Gasteiger partial charge in [0.15, 0.2) is 0 Å². The summed E-state index contributed by atoms with van der Waals surface area (Å²) in [4.78, 5) is 4.30. The Morgan fingerprint density at radius 2 is 1.83 bits per heavy atom. The van der Waals surface area contributed by atoms with Gasteiger partial charge in [-0.05, 0) is 49.7 Å². The minimum Gasteiger partial charge on any atom is -0.494 e. The molecule has 1 aromatic carbocycles. The zero-order chi connectivity index (χ0) is 17.4. The van der Waals surface area contributed by atoms with Gasteiger partial charge in [0.1, 0.15) is 11.6 Å². The Labute approximate surface area is 143 Å². The Kier molecular flexibility index (Phi) is 6.43. The van der Waals surface area contributed by atoms with Crippen molar-refractivity contribution in [2.45, 2.75) is 31.6 Å². The number of nitrogens with zero attached hydrogens (tertiary/aromatic N) is 1. The Morgan fingerprint density at radius 3 is 2.42 bits per heavy atom. The molecule has 0 aliphatic carbocycles. The van der Waals surface area contributed by atoms with E-state index in [2.05, 4.69) is 21.9 Å². The van der Waals surface area contributed by atoms with Gasteiger partial charge in [0.25, 0.3) is 10.0 Å². The summed E-state index contributed by atoms with van der Waals surface area (Å²) in [6.45, 7) is 5.40. The summed E-state index contributed by atoms with van der Waals surface area (Å²) in [6, 6.07) is 9.72. The maximum absolute atomic E-state index is 12.4. The molecule has 7 heteroatoms. The molecule has 2 N–H and O–H groups in total. The fourth-order valence-electron chi connectivity index (χ4n) is 2.05. The molecule has 0 spiro atoms. The second kappa shape index (κ2) is 8.54. The molecular weight excluding hydrogens is 326 g/mol. The lowest BCUT2D eigenvalue weighted by Crippen LogP contribution is -2.14. The number of aromatic nitrogens is 1. The predicted molar refractivity (Wildman–Crippen MR) is 96.1 cm³/mol. The van der Waals surface area contributed by atoms with E-state index in [1.165, 1.54) is 12.1 Å². The van der Waals surface area contributed by atoms with Crippen molar-refractivity contribution < 1.29 is 13.2 Å². The molecule has 24 heavy (non-hydrogen) atoms. The number of pyridine rings is 1. The molecule has 0 unspecified atom stereocenters. The van der Waals surface area contributed by atoms with E-state index in [1.807, 2.05) is 6.92 Å². The third-order valence-electron chi connectivity index (χ3n) is 3.31. The molecular formula is C17H23N3O3S. The van der Waals surface area contributed by atoms with Gasteiger partial charge in [-0.15, -0.1) is 0 Å². The summed E-state index contributed by atoms with van der Waals surface area (Å²) in [5.41, 5.74) is 0.868. The Morgan fingerprint density at radius 1 is 1.08 bits per heavy atom. The van der Waals surface area contributed by atoms with Crippen LogP contribution in [0.1, 0.15) is 26.7 Å². The van der Waals surface area contributed by atoms with E-state index in [4.69, 9.17) is 4.74 Å². The fourth-order valence-corrected chi connectivity index (χ4v) is 3.05. The van der Waals surface area contributed by atoms with E-state index in [0.717, 1.165) is 25.1 Å². The first-order chi connectivity index (χ1) is 11.5.